The van der Waals surface area contributed by atoms with Gasteiger partial charge in [-0.05, 0) is 36.4 Å². The molecule has 2 rings (SSSR count). The zero-order valence-corrected chi connectivity index (χ0v) is 14.2. The summed E-state index contributed by atoms with van der Waals surface area (Å²) in [6.45, 7) is 0. The van der Waals surface area contributed by atoms with Crippen LogP contribution in [-0.2, 0) is 0 Å². The van der Waals surface area contributed by atoms with E-state index in [1.165, 1.54) is 44.7 Å². The molecule has 0 aliphatic heterocycles. The summed E-state index contributed by atoms with van der Waals surface area (Å²) in [7, 11) is 2.98. The minimum atomic E-state index is -0.463. The van der Waals surface area contributed by atoms with Gasteiger partial charge in [0.2, 0.25) is 0 Å². The predicted molar refractivity (Wildman–Crippen MR) is 97.6 cm³/mol. The van der Waals surface area contributed by atoms with Crippen LogP contribution in [0, 0.1) is 10.1 Å². The Morgan fingerprint density at radius 3 is 2.58 bits per heavy atom. The number of benzene rings is 2. The standard InChI is InChI=1S/C18H17N3O5/c1-25-16-10-9-14(12-17(16)26-2)18(22)20-19-11-5-7-13-6-3-4-8-15(13)21(23)24/h3-12H,1-2H3,(H,20,22). The number of carbonyl (C=O) groups excluding carboxylic acids is 1. The van der Waals surface area contributed by atoms with Crippen molar-refractivity contribution in [1.29, 1.82) is 0 Å². The van der Waals surface area contributed by atoms with Gasteiger partial charge in [-0.15, -0.1) is 0 Å². The Hall–Kier alpha value is -3.68. The molecule has 1 amide bonds. The zero-order chi connectivity index (χ0) is 18.9. The SMILES string of the molecule is COc1ccc(C(=O)NN=CC=Cc2ccccc2[N+](=O)[O-])cc1OC. The number of rotatable bonds is 7. The number of methoxy groups -OCH3 is 2. The Balaban J connectivity index is 2.00. The molecule has 134 valence electrons. The molecule has 0 aliphatic carbocycles. The molecule has 0 unspecified atom stereocenters. The molecule has 0 heterocycles. The Kier molecular flexibility index (Phi) is 6.44. The lowest BCUT2D eigenvalue weighted by molar-refractivity contribution is -0.385. The number of nitrogens with one attached hydrogen (secondary N) is 1. The first-order chi connectivity index (χ1) is 12.6. The fraction of sp³-hybridized carbons (Fsp3) is 0.111. The minimum Gasteiger partial charge on any atom is -0.493 e. The number of nitrogens with zero attached hydrogens (tertiary/aromatic N) is 2. The summed E-state index contributed by atoms with van der Waals surface area (Å²) in [5.41, 5.74) is 3.14. The number of para-hydroxylation sites is 1. The van der Waals surface area contributed by atoms with E-state index in [4.69, 9.17) is 9.47 Å². The van der Waals surface area contributed by atoms with Crippen LogP contribution in [0.15, 0.2) is 53.6 Å². The van der Waals surface area contributed by atoms with Gasteiger partial charge < -0.3 is 9.47 Å². The van der Waals surface area contributed by atoms with E-state index in [1.54, 1.807) is 30.3 Å². The molecule has 8 nitrogen and oxygen atoms in total. The Morgan fingerprint density at radius 1 is 1.15 bits per heavy atom. The molecule has 26 heavy (non-hydrogen) atoms. The maximum atomic E-state index is 12.1. The summed E-state index contributed by atoms with van der Waals surface area (Å²) in [5.74, 6) is 0.515. The van der Waals surface area contributed by atoms with Crippen LogP contribution >= 0.6 is 0 Å². The van der Waals surface area contributed by atoms with Crippen molar-refractivity contribution in [2.24, 2.45) is 5.10 Å². The fourth-order valence-corrected chi connectivity index (χ4v) is 2.12. The van der Waals surface area contributed by atoms with Crippen LogP contribution in [0.1, 0.15) is 15.9 Å². The maximum Gasteiger partial charge on any atom is 0.276 e. The van der Waals surface area contributed by atoms with Crippen molar-refractivity contribution >= 4 is 23.9 Å². The Bertz CT molecular complexity index is 862. The topological polar surface area (TPSA) is 103 Å². The van der Waals surface area contributed by atoms with Gasteiger partial charge in [0.15, 0.2) is 11.5 Å². The second kappa shape index (κ2) is 8.97. The molecule has 0 aliphatic rings. The van der Waals surface area contributed by atoms with Crippen molar-refractivity contribution in [1.82, 2.24) is 5.43 Å². The monoisotopic (exact) mass is 355 g/mol. The number of nitro groups is 1. The van der Waals surface area contributed by atoms with Crippen LogP contribution in [0.4, 0.5) is 5.69 Å². The van der Waals surface area contributed by atoms with E-state index >= 15 is 0 Å². The lowest BCUT2D eigenvalue weighted by Gasteiger charge is -2.08. The molecule has 2 aromatic rings. The molecule has 0 atom stereocenters. The largest absolute Gasteiger partial charge is 0.493 e. The Labute approximate surface area is 149 Å². The lowest BCUT2D eigenvalue weighted by Crippen LogP contribution is -2.17. The number of ether oxygens (including phenoxy) is 2. The first-order valence-corrected chi connectivity index (χ1v) is 7.52. The number of carbonyl (C=O) groups is 1. The van der Waals surface area contributed by atoms with Gasteiger partial charge in [-0.1, -0.05) is 12.1 Å². The van der Waals surface area contributed by atoms with Crippen LogP contribution in [0.5, 0.6) is 11.5 Å². The van der Waals surface area contributed by atoms with Gasteiger partial charge in [-0.2, -0.15) is 5.10 Å². The quantitative estimate of drug-likeness (QED) is 0.467. The lowest BCUT2D eigenvalue weighted by atomic mass is 10.1. The highest BCUT2D eigenvalue weighted by Crippen LogP contribution is 2.27. The average Bonchev–Trinajstić information content (AvgIpc) is 2.67. The van der Waals surface area contributed by atoms with E-state index in [-0.39, 0.29) is 5.69 Å². The van der Waals surface area contributed by atoms with E-state index in [0.717, 1.165) is 0 Å². The first-order valence-electron chi connectivity index (χ1n) is 7.52. The van der Waals surface area contributed by atoms with Crippen molar-refractivity contribution in [3.8, 4) is 11.5 Å². The normalized spacial score (nSPS) is 10.8. The summed E-state index contributed by atoms with van der Waals surface area (Å²) < 4.78 is 10.2. The van der Waals surface area contributed by atoms with Crippen molar-refractivity contribution in [3.05, 3.63) is 69.8 Å². The molecular weight excluding hydrogens is 338 g/mol. The molecule has 0 fully saturated rings. The maximum absolute atomic E-state index is 12.1. The van der Waals surface area contributed by atoms with Crippen LogP contribution in [0.3, 0.4) is 0 Å². The predicted octanol–water partition coefficient (Wildman–Crippen LogP) is 3.04. The molecule has 0 saturated carbocycles. The Morgan fingerprint density at radius 2 is 1.88 bits per heavy atom. The number of hydrazone groups is 1. The third-order valence-corrected chi connectivity index (χ3v) is 3.38. The second-order valence-electron chi connectivity index (χ2n) is 4.96. The number of hydrogen-bond donors (Lipinski definition) is 1. The second-order valence-corrected chi connectivity index (χ2v) is 4.96. The van der Waals surface area contributed by atoms with Crippen LogP contribution in [0.25, 0.3) is 6.08 Å². The van der Waals surface area contributed by atoms with Gasteiger partial charge in [-0.3, -0.25) is 14.9 Å². The van der Waals surface area contributed by atoms with E-state index in [1.807, 2.05) is 0 Å². The summed E-state index contributed by atoms with van der Waals surface area (Å²) in [5, 5.41) is 14.7. The summed E-state index contributed by atoms with van der Waals surface area (Å²) in [6.07, 6.45) is 4.36. The van der Waals surface area contributed by atoms with E-state index in [0.29, 0.717) is 22.6 Å². The van der Waals surface area contributed by atoms with Gasteiger partial charge in [0, 0.05) is 17.8 Å². The zero-order valence-electron chi connectivity index (χ0n) is 14.2. The van der Waals surface area contributed by atoms with Gasteiger partial charge in [-0.25, -0.2) is 5.43 Å². The van der Waals surface area contributed by atoms with Crippen LogP contribution < -0.4 is 14.9 Å². The highest BCUT2D eigenvalue weighted by atomic mass is 16.6. The van der Waals surface area contributed by atoms with E-state index in [2.05, 4.69) is 10.5 Å². The van der Waals surface area contributed by atoms with E-state index in [9.17, 15) is 14.9 Å². The summed E-state index contributed by atoms with van der Waals surface area (Å²) in [6, 6.07) is 11.0. The van der Waals surface area contributed by atoms with Crippen molar-refractivity contribution < 1.29 is 19.2 Å². The molecule has 8 heteroatoms. The molecule has 0 radical (unpaired) electrons. The fourth-order valence-electron chi connectivity index (χ4n) is 2.12. The van der Waals surface area contributed by atoms with Gasteiger partial charge >= 0.3 is 0 Å². The molecule has 0 spiro atoms. The van der Waals surface area contributed by atoms with Gasteiger partial charge in [0.05, 0.1) is 24.7 Å². The molecular formula is C18H17N3O5. The van der Waals surface area contributed by atoms with Gasteiger partial charge in [0.1, 0.15) is 0 Å². The van der Waals surface area contributed by atoms with Gasteiger partial charge in [0.25, 0.3) is 11.6 Å². The van der Waals surface area contributed by atoms with Crippen molar-refractivity contribution in [2.45, 2.75) is 0 Å². The molecule has 0 bridgehead atoms. The number of amides is 1. The summed E-state index contributed by atoms with van der Waals surface area (Å²) in [4.78, 5) is 22.5. The van der Waals surface area contributed by atoms with Crippen molar-refractivity contribution in [2.75, 3.05) is 14.2 Å². The third-order valence-electron chi connectivity index (χ3n) is 3.38. The van der Waals surface area contributed by atoms with Crippen LogP contribution in [-0.4, -0.2) is 31.3 Å². The first kappa shape index (κ1) is 18.7. The molecule has 2 aromatic carbocycles. The van der Waals surface area contributed by atoms with E-state index < -0.39 is 10.8 Å². The molecule has 1 N–H and O–H groups in total. The average molecular weight is 355 g/mol. The highest BCUT2D eigenvalue weighted by molar-refractivity contribution is 5.95. The molecule has 0 saturated heterocycles. The number of nitro benzene ring substituents is 1. The number of hydrogen-bond acceptors (Lipinski definition) is 6. The highest BCUT2D eigenvalue weighted by Gasteiger charge is 2.10. The third kappa shape index (κ3) is 4.67. The van der Waals surface area contributed by atoms with Crippen LogP contribution in [0.2, 0.25) is 0 Å². The van der Waals surface area contributed by atoms with Crippen molar-refractivity contribution in [3.63, 3.8) is 0 Å². The number of allylic oxidation sites excluding steroid dienone is 1. The molecule has 0 aromatic heterocycles. The smallest absolute Gasteiger partial charge is 0.276 e. The minimum absolute atomic E-state index is 0.00786. The summed E-state index contributed by atoms with van der Waals surface area (Å²) >= 11 is 0.